The number of halogens is 4. The third-order valence-electron chi connectivity index (χ3n) is 4.73. The molecule has 0 aliphatic heterocycles. The van der Waals surface area contributed by atoms with E-state index in [1.807, 2.05) is 13.8 Å². The number of carbonyl (C=O) groups is 1. The Kier molecular flexibility index (Phi) is 6.77. The Bertz CT molecular complexity index is 1200. The molecule has 31 heavy (non-hydrogen) atoms. The lowest BCUT2D eigenvalue weighted by Crippen LogP contribution is -2.21. The number of nitrogens with one attached hydrogen (secondary N) is 1. The molecule has 9 heteroatoms. The zero-order valence-corrected chi connectivity index (χ0v) is 19.2. The Morgan fingerprint density at radius 1 is 1.29 bits per heavy atom. The van der Waals surface area contributed by atoms with Gasteiger partial charge in [-0.3, -0.25) is 4.79 Å². The summed E-state index contributed by atoms with van der Waals surface area (Å²) in [6.07, 6.45) is 0. The minimum Gasteiger partial charge on any atom is -0.370 e. The lowest BCUT2D eigenvalue weighted by molar-refractivity contribution is 0.101. The number of benzene rings is 2. The molecule has 0 bridgehead atoms. The van der Waals surface area contributed by atoms with E-state index in [2.05, 4.69) is 26.2 Å². The lowest BCUT2D eigenvalue weighted by atomic mass is 9.98. The molecule has 0 amide bonds. The van der Waals surface area contributed by atoms with E-state index >= 15 is 0 Å². The molecule has 1 heterocycles. The van der Waals surface area contributed by atoms with Gasteiger partial charge in [-0.15, -0.1) is 0 Å². The number of hydrogen-bond donors (Lipinski definition) is 1. The Morgan fingerprint density at radius 2 is 2.00 bits per heavy atom. The van der Waals surface area contributed by atoms with Gasteiger partial charge in [0.2, 0.25) is 0 Å². The van der Waals surface area contributed by atoms with Crippen molar-refractivity contribution in [3.05, 3.63) is 80.3 Å². The first-order chi connectivity index (χ1) is 14.6. The predicted octanol–water partition coefficient (Wildman–Crippen LogP) is 6.43. The van der Waals surface area contributed by atoms with Gasteiger partial charge in [0.1, 0.15) is 17.6 Å². The van der Waals surface area contributed by atoms with Gasteiger partial charge < -0.3 is 9.88 Å². The maximum Gasteiger partial charge on any atom is 0.180 e. The molecule has 0 spiro atoms. The molecule has 5 nitrogen and oxygen atoms in total. The average Bonchev–Trinajstić information content (AvgIpc) is 3.06. The molecule has 1 unspecified atom stereocenters. The smallest absolute Gasteiger partial charge is 0.180 e. The van der Waals surface area contributed by atoms with Crippen molar-refractivity contribution >= 4 is 39.0 Å². The number of ketones is 1. The van der Waals surface area contributed by atoms with Gasteiger partial charge in [0.25, 0.3) is 0 Å². The number of imidazole rings is 1. The number of aromatic nitrogens is 2. The Balaban J connectivity index is 2.29. The minimum atomic E-state index is -0.865. The first-order valence-corrected chi connectivity index (χ1v) is 10.5. The number of anilines is 1. The van der Waals surface area contributed by atoms with Gasteiger partial charge >= 0.3 is 0 Å². The van der Waals surface area contributed by atoms with Crippen molar-refractivity contribution in [2.75, 3.05) is 5.32 Å². The number of Topliss-reactive ketones (excluding diaryl/α,β-unsaturated/α-hetero) is 1. The number of carbonyl (C=O) groups excluding carboxylic acids is 1. The second kappa shape index (κ2) is 9.16. The van der Waals surface area contributed by atoms with E-state index in [0.29, 0.717) is 16.0 Å². The summed E-state index contributed by atoms with van der Waals surface area (Å²) in [5, 5.41) is 12.0. The topological polar surface area (TPSA) is 70.7 Å². The minimum absolute atomic E-state index is 0.0735. The second-order valence-electron chi connectivity index (χ2n) is 7.16. The summed E-state index contributed by atoms with van der Waals surface area (Å²) in [7, 11) is 0. The van der Waals surface area contributed by atoms with E-state index in [4.69, 9.17) is 16.9 Å². The van der Waals surface area contributed by atoms with Gasteiger partial charge in [0, 0.05) is 13.0 Å². The van der Waals surface area contributed by atoms with Crippen LogP contribution in [-0.2, 0) is 0 Å². The van der Waals surface area contributed by atoms with Crippen molar-refractivity contribution < 1.29 is 13.6 Å². The average molecular weight is 508 g/mol. The third-order valence-corrected chi connectivity index (χ3v) is 5.58. The van der Waals surface area contributed by atoms with E-state index in [0.717, 1.165) is 0 Å². The van der Waals surface area contributed by atoms with Crippen LogP contribution < -0.4 is 5.32 Å². The summed E-state index contributed by atoms with van der Waals surface area (Å²) >= 11 is 9.32. The summed E-state index contributed by atoms with van der Waals surface area (Å²) in [5.41, 5.74) is 0.919. The van der Waals surface area contributed by atoms with Crippen LogP contribution in [0.4, 0.5) is 14.5 Å². The van der Waals surface area contributed by atoms with E-state index in [1.165, 1.54) is 31.2 Å². The van der Waals surface area contributed by atoms with Gasteiger partial charge in [-0.25, -0.2) is 13.8 Å². The van der Waals surface area contributed by atoms with Crippen molar-refractivity contribution in [3.8, 4) is 6.07 Å². The van der Waals surface area contributed by atoms with Gasteiger partial charge in [0.15, 0.2) is 16.3 Å². The summed E-state index contributed by atoms with van der Waals surface area (Å²) in [4.78, 5) is 16.7. The van der Waals surface area contributed by atoms with Crippen molar-refractivity contribution in [1.82, 2.24) is 9.55 Å². The van der Waals surface area contributed by atoms with E-state index in [-0.39, 0.29) is 33.8 Å². The van der Waals surface area contributed by atoms with Crippen molar-refractivity contribution in [3.63, 3.8) is 0 Å². The van der Waals surface area contributed by atoms with Crippen LogP contribution in [0.15, 0.2) is 41.1 Å². The Labute approximate surface area is 191 Å². The van der Waals surface area contributed by atoms with E-state index < -0.39 is 17.7 Å². The molecule has 1 N–H and O–H groups in total. The summed E-state index contributed by atoms with van der Waals surface area (Å²) in [6.45, 7) is 5.17. The van der Waals surface area contributed by atoms with Crippen LogP contribution in [-0.4, -0.2) is 15.3 Å². The summed E-state index contributed by atoms with van der Waals surface area (Å²) in [5.74, 6) is -1.71. The predicted molar refractivity (Wildman–Crippen MR) is 118 cm³/mol. The highest BCUT2D eigenvalue weighted by Crippen LogP contribution is 2.36. The van der Waals surface area contributed by atoms with Crippen LogP contribution in [0.5, 0.6) is 0 Å². The van der Waals surface area contributed by atoms with Crippen molar-refractivity contribution in [2.24, 2.45) is 0 Å². The fourth-order valence-electron chi connectivity index (χ4n) is 3.32. The molecule has 0 fully saturated rings. The number of nitrogens with zero attached hydrogens (tertiary/aromatic N) is 3. The molecule has 0 aliphatic rings. The molecule has 3 rings (SSSR count). The zero-order valence-electron chi connectivity index (χ0n) is 16.9. The maximum absolute atomic E-state index is 14.7. The molecule has 0 radical (unpaired) electrons. The normalized spacial score (nSPS) is 12.0. The highest BCUT2D eigenvalue weighted by Gasteiger charge is 2.30. The highest BCUT2D eigenvalue weighted by atomic mass is 79.9. The molecule has 3 aromatic rings. The van der Waals surface area contributed by atoms with Crippen LogP contribution in [0.2, 0.25) is 5.02 Å². The van der Waals surface area contributed by atoms with E-state index in [9.17, 15) is 13.6 Å². The lowest BCUT2D eigenvalue weighted by Gasteiger charge is -2.25. The van der Waals surface area contributed by atoms with Crippen LogP contribution in [0.1, 0.15) is 60.2 Å². The molecule has 0 aliphatic carbocycles. The molecule has 1 aromatic heterocycles. The monoisotopic (exact) mass is 506 g/mol. The van der Waals surface area contributed by atoms with Crippen molar-refractivity contribution in [1.29, 1.82) is 5.26 Å². The molecule has 0 saturated carbocycles. The molecule has 1 atom stereocenters. The number of nitriles is 1. The highest BCUT2D eigenvalue weighted by molar-refractivity contribution is 9.10. The largest absolute Gasteiger partial charge is 0.370 e. The summed E-state index contributed by atoms with van der Waals surface area (Å²) in [6, 6.07) is 9.35. The van der Waals surface area contributed by atoms with Crippen LogP contribution in [0, 0.1) is 23.0 Å². The SMILES string of the molecule is CC(=O)c1nc(Br)n(C(C)C)c1C(Nc1cccc(Cl)c1F)c1ccc(C#N)c(F)c1. The van der Waals surface area contributed by atoms with Gasteiger partial charge in [-0.05, 0) is 59.6 Å². The first kappa shape index (κ1) is 22.9. The number of hydrogen-bond acceptors (Lipinski definition) is 4. The van der Waals surface area contributed by atoms with Crippen LogP contribution >= 0.6 is 27.5 Å². The molecule has 160 valence electrons. The van der Waals surface area contributed by atoms with Gasteiger partial charge in [0.05, 0.1) is 28.0 Å². The van der Waals surface area contributed by atoms with Gasteiger partial charge in [-0.1, -0.05) is 23.7 Å². The van der Waals surface area contributed by atoms with Crippen LogP contribution in [0.3, 0.4) is 0 Å². The molecule has 2 aromatic carbocycles. The fraction of sp³-hybridized carbons (Fsp3) is 0.227. The van der Waals surface area contributed by atoms with Crippen LogP contribution in [0.25, 0.3) is 0 Å². The first-order valence-electron chi connectivity index (χ1n) is 9.34. The Morgan fingerprint density at radius 3 is 2.58 bits per heavy atom. The number of rotatable bonds is 6. The van der Waals surface area contributed by atoms with Gasteiger partial charge in [-0.2, -0.15) is 5.26 Å². The standard InChI is InChI=1S/C22H18BrClF2N4O/c1-11(2)30-21(19(12(3)31)29-22(30)23)20(13-7-8-14(10-27)16(25)9-13)28-17-6-4-5-15(24)18(17)26/h4-9,11,20,28H,1-3H3. The molecule has 0 saturated heterocycles. The fourth-order valence-corrected chi connectivity index (χ4v) is 4.28. The maximum atomic E-state index is 14.7. The Hall–Kier alpha value is -2.76. The van der Waals surface area contributed by atoms with Crippen molar-refractivity contribution in [2.45, 2.75) is 32.9 Å². The van der Waals surface area contributed by atoms with E-state index in [1.54, 1.807) is 22.8 Å². The molecular weight excluding hydrogens is 490 g/mol. The zero-order chi connectivity index (χ0) is 22.9. The third kappa shape index (κ3) is 4.48. The second-order valence-corrected chi connectivity index (χ2v) is 8.28. The molecular formula is C22H18BrClF2N4O. The quantitative estimate of drug-likeness (QED) is 0.390. The summed E-state index contributed by atoms with van der Waals surface area (Å²) < 4.78 is 31.4.